The lowest BCUT2D eigenvalue weighted by atomic mass is 9.86. The largest absolute Gasteiger partial charge is 0.480 e. The molecule has 1 amide bonds. The van der Waals surface area contributed by atoms with Crippen LogP contribution in [0.5, 0.6) is 5.75 Å². The van der Waals surface area contributed by atoms with Gasteiger partial charge in [-0.1, -0.05) is 49.4 Å². The second kappa shape index (κ2) is 9.14. The van der Waals surface area contributed by atoms with Gasteiger partial charge in [0, 0.05) is 11.3 Å². The summed E-state index contributed by atoms with van der Waals surface area (Å²) in [5.74, 6) is 0.598. The van der Waals surface area contributed by atoms with Gasteiger partial charge < -0.3 is 9.64 Å². The van der Waals surface area contributed by atoms with Crippen LogP contribution in [0.3, 0.4) is 0 Å². The van der Waals surface area contributed by atoms with Gasteiger partial charge in [-0.2, -0.15) is 0 Å². The van der Waals surface area contributed by atoms with Gasteiger partial charge in [-0.25, -0.2) is 8.42 Å². The summed E-state index contributed by atoms with van der Waals surface area (Å²) < 4.78 is 34.5. The van der Waals surface area contributed by atoms with Crippen molar-refractivity contribution < 1.29 is 17.9 Å². The number of benzene rings is 3. The predicted octanol–water partition coefficient (Wildman–Crippen LogP) is 5.06. The van der Waals surface area contributed by atoms with Crippen LogP contribution in [0.1, 0.15) is 48.9 Å². The number of hydrogen-bond acceptors (Lipinski definition) is 4. The van der Waals surface area contributed by atoms with Crippen LogP contribution in [0.15, 0.2) is 77.7 Å². The second-order valence-corrected chi connectivity index (χ2v) is 10.5. The standard InChI is InChI=1S/C27H28N2O4S/c1-2-25-27(30)29(24-14-8-10-19-9-6-7-13-23(19)24)18-20-17-21(15-16-26(20)33-25)28-34(31,32)22-11-4-3-5-12-22/h3-7,9,11-13,15-17,24-25,28H,2,8,10,14,18H2,1H3/t24-,25+/m1/s1. The molecule has 2 aliphatic rings. The number of nitrogens with zero attached hydrogens (tertiary/aromatic N) is 1. The molecule has 3 aromatic carbocycles. The van der Waals surface area contributed by atoms with Crippen LogP contribution >= 0.6 is 0 Å². The normalized spacial score (nSPS) is 20.0. The third kappa shape index (κ3) is 4.28. The molecule has 2 atom stereocenters. The van der Waals surface area contributed by atoms with E-state index in [1.165, 1.54) is 11.1 Å². The van der Waals surface area contributed by atoms with Gasteiger partial charge in [-0.05, 0) is 67.1 Å². The van der Waals surface area contributed by atoms with E-state index in [1.54, 1.807) is 48.5 Å². The summed E-state index contributed by atoms with van der Waals surface area (Å²) in [7, 11) is -3.72. The van der Waals surface area contributed by atoms with E-state index in [2.05, 4.69) is 16.9 Å². The minimum Gasteiger partial charge on any atom is -0.480 e. The topological polar surface area (TPSA) is 75.7 Å². The zero-order chi connectivity index (χ0) is 23.7. The first-order valence-electron chi connectivity index (χ1n) is 11.7. The molecule has 0 spiro atoms. The first kappa shape index (κ1) is 22.5. The SMILES string of the molecule is CC[C@@H]1Oc2ccc(NS(=O)(=O)c3ccccc3)cc2CN([C@@H]2CCCc3ccccc32)C1=O. The fourth-order valence-electron chi connectivity index (χ4n) is 4.92. The lowest BCUT2D eigenvalue weighted by Crippen LogP contribution is -2.42. The second-order valence-electron chi connectivity index (χ2n) is 8.83. The Bertz CT molecular complexity index is 1310. The van der Waals surface area contributed by atoms with Gasteiger partial charge in [-0.3, -0.25) is 9.52 Å². The highest BCUT2D eigenvalue weighted by atomic mass is 32.2. The fourth-order valence-corrected chi connectivity index (χ4v) is 5.99. The van der Waals surface area contributed by atoms with E-state index in [4.69, 9.17) is 4.74 Å². The molecule has 0 unspecified atom stereocenters. The summed E-state index contributed by atoms with van der Waals surface area (Å²) >= 11 is 0. The molecule has 1 aliphatic carbocycles. The number of ether oxygens (including phenoxy) is 1. The Balaban J connectivity index is 1.49. The Morgan fingerprint density at radius 2 is 1.76 bits per heavy atom. The van der Waals surface area contributed by atoms with E-state index in [-0.39, 0.29) is 16.8 Å². The number of nitrogens with one attached hydrogen (secondary N) is 1. The molecule has 1 aliphatic heterocycles. The molecule has 0 bridgehead atoms. The highest BCUT2D eigenvalue weighted by Gasteiger charge is 2.36. The molecule has 7 heteroatoms. The molecule has 0 fully saturated rings. The van der Waals surface area contributed by atoms with Gasteiger partial charge in [0.2, 0.25) is 0 Å². The minimum atomic E-state index is -3.72. The van der Waals surface area contributed by atoms with Crippen LogP contribution < -0.4 is 9.46 Å². The first-order chi connectivity index (χ1) is 16.5. The van der Waals surface area contributed by atoms with E-state index >= 15 is 0 Å². The van der Waals surface area contributed by atoms with Crippen molar-refractivity contribution in [2.24, 2.45) is 0 Å². The quantitative estimate of drug-likeness (QED) is 0.558. The number of sulfonamides is 1. The average molecular weight is 477 g/mol. The van der Waals surface area contributed by atoms with E-state index in [0.717, 1.165) is 24.8 Å². The number of carbonyl (C=O) groups is 1. The van der Waals surface area contributed by atoms with Gasteiger partial charge in [0.1, 0.15) is 5.75 Å². The Morgan fingerprint density at radius 1 is 1.00 bits per heavy atom. The molecule has 6 nitrogen and oxygen atoms in total. The highest BCUT2D eigenvalue weighted by Crippen LogP contribution is 2.39. The minimum absolute atomic E-state index is 0.0215. The van der Waals surface area contributed by atoms with Crippen LogP contribution in [0.2, 0.25) is 0 Å². The van der Waals surface area contributed by atoms with Crippen LogP contribution in [0.4, 0.5) is 5.69 Å². The smallest absolute Gasteiger partial charge is 0.264 e. The first-order valence-corrected chi connectivity index (χ1v) is 13.2. The van der Waals surface area contributed by atoms with E-state index in [1.807, 2.05) is 24.0 Å². The van der Waals surface area contributed by atoms with Crippen molar-refractivity contribution in [3.63, 3.8) is 0 Å². The Morgan fingerprint density at radius 3 is 2.56 bits per heavy atom. The number of hydrogen-bond donors (Lipinski definition) is 1. The van der Waals surface area contributed by atoms with E-state index in [9.17, 15) is 13.2 Å². The van der Waals surface area contributed by atoms with Crippen molar-refractivity contribution >= 4 is 21.6 Å². The van der Waals surface area contributed by atoms with Gasteiger partial charge in [0.25, 0.3) is 15.9 Å². The molecule has 0 aromatic heterocycles. The van der Waals surface area contributed by atoms with Crippen molar-refractivity contribution in [1.82, 2.24) is 4.90 Å². The van der Waals surface area contributed by atoms with Crippen LogP contribution in [0, 0.1) is 0 Å². The van der Waals surface area contributed by atoms with Gasteiger partial charge in [0.15, 0.2) is 6.10 Å². The molecule has 176 valence electrons. The fraction of sp³-hybridized carbons (Fsp3) is 0.296. The summed E-state index contributed by atoms with van der Waals surface area (Å²) in [6, 6.07) is 21.8. The zero-order valence-corrected chi connectivity index (χ0v) is 19.9. The monoisotopic (exact) mass is 476 g/mol. The molecule has 1 heterocycles. The number of aryl methyl sites for hydroxylation is 1. The molecule has 3 aromatic rings. The molecule has 5 rings (SSSR count). The van der Waals surface area contributed by atoms with Gasteiger partial charge >= 0.3 is 0 Å². The molecular weight excluding hydrogens is 448 g/mol. The summed E-state index contributed by atoms with van der Waals surface area (Å²) in [5, 5.41) is 0. The molecular formula is C27H28N2O4S. The average Bonchev–Trinajstić information content (AvgIpc) is 3.00. The van der Waals surface area contributed by atoms with E-state index < -0.39 is 16.1 Å². The summed E-state index contributed by atoms with van der Waals surface area (Å²) in [6.45, 7) is 2.31. The lowest BCUT2D eigenvalue weighted by molar-refractivity contribution is -0.141. The molecule has 1 N–H and O–H groups in total. The van der Waals surface area contributed by atoms with Crippen molar-refractivity contribution in [2.75, 3.05) is 4.72 Å². The maximum atomic E-state index is 13.5. The zero-order valence-electron chi connectivity index (χ0n) is 19.1. The molecule has 34 heavy (non-hydrogen) atoms. The van der Waals surface area contributed by atoms with Crippen LogP contribution in [-0.4, -0.2) is 25.3 Å². The molecule has 0 radical (unpaired) electrons. The van der Waals surface area contributed by atoms with Crippen molar-refractivity contribution in [3.8, 4) is 5.75 Å². The number of amides is 1. The maximum Gasteiger partial charge on any atom is 0.264 e. The van der Waals surface area contributed by atoms with E-state index in [0.29, 0.717) is 24.4 Å². The van der Waals surface area contributed by atoms with Crippen molar-refractivity contribution in [2.45, 2.75) is 56.2 Å². The maximum absolute atomic E-state index is 13.5. The Hall–Kier alpha value is -3.32. The van der Waals surface area contributed by atoms with Gasteiger partial charge in [-0.15, -0.1) is 0 Å². The van der Waals surface area contributed by atoms with Gasteiger partial charge in [0.05, 0.1) is 17.5 Å². The number of carbonyl (C=O) groups excluding carboxylic acids is 1. The third-order valence-electron chi connectivity index (χ3n) is 6.62. The Labute approximate surface area is 200 Å². The van der Waals surface area contributed by atoms with Crippen molar-refractivity contribution in [3.05, 3.63) is 89.5 Å². The van der Waals surface area contributed by atoms with Crippen LogP contribution in [-0.2, 0) is 27.8 Å². The summed E-state index contributed by atoms with van der Waals surface area (Å²) in [6.07, 6.45) is 2.93. The Kier molecular flexibility index (Phi) is 6.04. The number of anilines is 1. The third-order valence-corrected chi connectivity index (χ3v) is 8.02. The summed E-state index contributed by atoms with van der Waals surface area (Å²) in [5.41, 5.74) is 3.72. The summed E-state index contributed by atoms with van der Waals surface area (Å²) in [4.78, 5) is 15.7. The molecule has 0 saturated carbocycles. The molecule has 0 saturated heterocycles. The number of rotatable bonds is 5. The van der Waals surface area contributed by atoms with Crippen LogP contribution in [0.25, 0.3) is 0 Å². The van der Waals surface area contributed by atoms with Crippen molar-refractivity contribution in [1.29, 1.82) is 0 Å². The lowest BCUT2D eigenvalue weighted by Gasteiger charge is -2.36. The number of fused-ring (bicyclic) bond motifs is 2. The highest BCUT2D eigenvalue weighted by molar-refractivity contribution is 7.92. The predicted molar refractivity (Wildman–Crippen MR) is 131 cm³/mol.